The lowest BCUT2D eigenvalue weighted by molar-refractivity contribution is -0.384. The molecule has 1 aliphatic heterocycles. The lowest BCUT2D eigenvalue weighted by Gasteiger charge is -2.20. The Balaban J connectivity index is 2.06. The Kier molecular flexibility index (Phi) is 4.74. The van der Waals surface area contributed by atoms with Crippen LogP contribution in [0.25, 0.3) is 0 Å². The Morgan fingerprint density at radius 2 is 2.11 bits per heavy atom. The van der Waals surface area contributed by atoms with E-state index in [0.717, 1.165) is 44.7 Å². The predicted octanol–water partition coefficient (Wildman–Crippen LogP) is 2.39. The van der Waals surface area contributed by atoms with Crippen LogP contribution in [0, 0.1) is 10.1 Å². The highest BCUT2D eigenvalue weighted by Crippen LogP contribution is 2.25. The average Bonchev–Trinajstić information content (AvgIpc) is 2.56. The van der Waals surface area contributed by atoms with Gasteiger partial charge in [0, 0.05) is 25.7 Å². The number of hydrogen-bond acceptors (Lipinski definition) is 4. The van der Waals surface area contributed by atoms with Crippen molar-refractivity contribution in [2.75, 3.05) is 33.2 Å². The normalized spacial score (nSPS) is 18.2. The van der Waals surface area contributed by atoms with Gasteiger partial charge in [0.1, 0.15) is 5.02 Å². The summed E-state index contributed by atoms with van der Waals surface area (Å²) in [5, 5.41) is 11.1. The zero-order valence-corrected chi connectivity index (χ0v) is 11.8. The first-order chi connectivity index (χ1) is 9.06. The largest absolute Gasteiger partial charge is 0.305 e. The van der Waals surface area contributed by atoms with E-state index in [1.54, 1.807) is 12.1 Å². The monoisotopic (exact) mass is 283 g/mol. The molecule has 0 saturated carbocycles. The summed E-state index contributed by atoms with van der Waals surface area (Å²) in [5.41, 5.74) is 0.937. The van der Waals surface area contributed by atoms with Crippen LogP contribution in [-0.2, 0) is 6.54 Å². The number of likely N-dealkylation sites (N-methyl/N-ethyl adjacent to an activating group) is 1. The van der Waals surface area contributed by atoms with Crippen LogP contribution in [0.3, 0.4) is 0 Å². The van der Waals surface area contributed by atoms with Crippen molar-refractivity contribution in [3.05, 3.63) is 38.9 Å². The first-order valence-electron chi connectivity index (χ1n) is 6.40. The minimum absolute atomic E-state index is 0.00823. The molecule has 0 unspecified atom stereocenters. The van der Waals surface area contributed by atoms with E-state index in [-0.39, 0.29) is 10.7 Å². The second-order valence-corrected chi connectivity index (χ2v) is 5.38. The number of nitro groups is 1. The van der Waals surface area contributed by atoms with E-state index in [4.69, 9.17) is 11.6 Å². The first kappa shape index (κ1) is 14.2. The topological polar surface area (TPSA) is 49.6 Å². The molecular formula is C13H18ClN3O2. The SMILES string of the molecule is CN1CCCN(Cc2ccc(Cl)c([N+](=O)[O-])c2)CC1. The van der Waals surface area contributed by atoms with Crippen LogP contribution in [0.4, 0.5) is 5.69 Å². The molecule has 19 heavy (non-hydrogen) atoms. The maximum atomic E-state index is 10.9. The predicted molar refractivity (Wildman–Crippen MR) is 75.5 cm³/mol. The molecule has 1 saturated heterocycles. The molecule has 1 aromatic rings. The highest BCUT2D eigenvalue weighted by atomic mass is 35.5. The smallest absolute Gasteiger partial charge is 0.288 e. The first-order valence-corrected chi connectivity index (χ1v) is 6.78. The van der Waals surface area contributed by atoms with E-state index in [9.17, 15) is 10.1 Å². The third kappa shape index (κ3) is 3.89. The van der Waals surface area contributed by atoms with Crippen LogP contribution < -0.4 is 0 Å². The van der Waals surface area contributed by atoms with Gasteiger partial charge < -0.3 is 4.90 Å². The highest BCUT2D eigenvalue weighted by molar-refractivity contribution is 6.32. The van der Waals surface area contributed by atoms with E-state index in [1.165, 1.54) is 0 Å². The molecule has 1 fully saturated rings. The van der Waals surface area contributed by atoms with Crippen LogP contribution in [0.1, 0.15) is 12.0 Å². The third-order valence-electron chi connectivity index (χ3n) is 3.43. The molecule has 1 aromatic carbocycles. The van der Waals surface area contributed by atoms with Gasteiger partial charge in [0.25, 0.3) is 5.69 Å². The Hall–Kier alpha value is -1.17. The Bertz CT molecular complexity index is 467. The maximum Gasteiger partial charge on any atom is 0.288 e. The van der Waals surface area contributed by atoms with Crippen molar-refractivity contribution in [2.45, 2.75) is 13.0 Å². The van der Waals surface area contributed by atoms with Gasteiger partial charge in [-0.3, -0.25) is 15.0 Å². The van der Waals surface area contributed by atoms with Crippen LogP contribution in [0.2, 0.25) is 5.02 Å². The van der Waals surface area contributed by atoms with E-state index in [0.29, 0.717) is 0 Å². The molecule has 0 radical (unpaired) electrons. The summed E-state index contributed by atoms with van der Waals surface area (Å²) in [5.74, 6) is 0. The minimum Gasteiger partial charge on any atom is -0.305 e. The lowest BCUT2D eigenvalue weighted by atomic mass is 10.2. The molecular weight excluding hydrogens is 266 g/mol. The van der Waals surface area contributed by atoms with Crippen molar-refractivity contribution >= 4 is 17.3 Å². The number of halogens is 1. The van der Waals surface area contributed by atoms with Crippen molar-refractivity contribution in [3.63, 3.8) is 0 Å². The average molecular weight is 284 g/mol. The van der Waals surface area contributed by atoms with Gasteiger partial charge in [-0.05, 0) is 38.2 Å². The van der Waals surface area contributed by atoms with Crippen LogP contribution >= 0.6 is 11.6 Å². The van der Waals surface area contributed by atoms with Crippen molar-refractivity contribution in [2.24, 2.45) is 0 Å². The van der Waals surface area contributed by atoms with E-state index in [2.05, 4.69) is 16.8 Å². The summed E-state index contributed by atoms with van der Waals surface area (Å²) in [6, 6.07) is 5.06. The second kappa shape index (κ2) is 6.32. The van der Waals surface area contributed by atoms with Gasteiger partial charge in [-0.15, -0.1) is 0 Å². The highest BCUT2D eigenvalue weighted by Gasteiger charge is 2.16. The Morgan fingerprint density at radius 3 is 2.84 bits per heavy atom. The summed E-state index contributed by atoms with van der Waals surface area (Å²) in [6.45, 7) is 4.91. The molecule has 1 aliphatic rings. The maximum absolute atomic E-state index is 10.9. The number of nitro benzene ring substituents is 1. The number of benzene rings is 1. The van der Waals surface area contributed by atoms with Gasteiger partial charge >= 0.3 is 0 Å². The van der Waals surface area contributed by atoms with E-state index < -0.39 is 4.92 Å². The molecule has 0 spiro atoms. The summed E-state index contributed by atoms with van der Waals surface area (Å²) in [7, 11) is 2.12. The summed E-state index contributed by atoms with van der Waals surface area (Å²) in [4.78, 5) is 15.1. The van der Waals surface area contributed by atoms with Gasteiger partial charge in [0.15, 0.2) is 0 Å². The quantitative estimate of drug-likeness (QED) is 0.631. The number of rotatable bonds is 3. The summed E-state index contributed by atoms with van der Waals surface area (Å²) in [6.07, 6.45) is 1.13. The molecule has 6 heteroatoms. The molecule has 2 rings (SSSR count). The number of nitrogens with zero attached hydrogens (tertiary/aromatic N) is 3. The van der Waals surface area contributed by atoms with Gasteiger partial charge in [0.05, 0.1) is 4.92 Å². The fraction of sp³-hybridized carbons (Fsp3) is 0.538. The van der Waals surface area contributed by atoms with Crippen molar-refractivity contribution < 1.29 is 4.92 Å². The van der Waals surface area contributed by atoms with E-state index in [1.807, 2.05) is 6.07 Å². The van der Waals surface area contributed by atoms with Gasteiger partial charge in [0.2, 0.25) is 0 Å². The van der Waals surface area contributed by atoms with Crippen molar-refractivity contribution in [3.8, 4) is 0 Å². The molecule has 104 valence electrons. The molecule has 1 heterocycles. The van der Waals surface area contributed by atoms with Gasteiger partial charge in [-0.1, -0.05) is 17.7 Å². The van der Waals surface area contributed by atoms with Gasteiger partial charge in [-0.25, -0.2) is 0 Å². The molecule has 5 nitrogen and oxygen atoms in total. The van der Waals surface area contributed by atoms with E-state index >= 15 is 0 Å². The fourth-order valence-corrected chi connectivity index (χ4v) is 2.50. The van der Waals surface area contributed by atoms with Gasteiger partial charge in [-0.2, -0.15) is 0 Å². The zero-order valence-electron chi connectivity index (χ0n) is 11.0. The summed E-state index contributed by atoms with van der Waals surface area (Å²) >= 11 is 5.82. The minimum atomic E-state index is -0.429. The Morgan fingerprint density at radius 1 is 1.32 bits per heavy atom. The van der Waals surface area contributed by atoms with Crippen LogP contribution in [0.15, 0.2) is 18.2 Å². The molecule has 0 N–H and O–H groups in total. The summed E-state index contributed by atoms with van der Waals surface area (Å²) < 4.78 is 0. The lowest BCUT2D eigenvalue weighted by Crippen LogP contribution is -2.28. The molecule has 0 atom stereocenters. The molecule has 0 amide bonds. The third-order valence-corrected chi connectivity index (χ3v) is 3.75. The van der Waals surface area contributed by atoms with Crippen LogP contribution in [-0.4, -0.2) is 47.9 Å². The number of hydrogen-bond donors (Lipinski definition) is 0. The molecule has 0 aliphatic carbocycles. The second-order valence-electron chi connectivity index (χ2n) is 4.98. The molecule has 0 bridgehead atoms. The standard InChI is InChI=1S/C13H18ClN3O2/c1-15-5-2-6-16(8-7-15)10-11-3-4-12(14)13(9-11)17(18)19/h3-4,9H,2,5-8,10H2,1H3. The van der Waals surface area contributed by atoms with Crippen molar-refractivity contribution in [1.82, 2.24) is 9.80 Å². The molecule has 0 aromatic heterocycles. The fourth-order valence-electron chi connectivity index (χ4n) is 2.31. The Labute approximate surface area is 117 Å². The zero-order chi connectivity index (χ0) is 13.8. The van der Waals surface area contributed by atoms with Crippen molar-refractivity contribution in [1.29, 1.82) is 0 Å². The van der Waals surface area contributed by atoms with Crippen LogP contribution in [0.5, 0.6) is 0 Å².